The molecule has 0 atom stereocenters. The highest BCUT2D eigenvalue weighted by atomic mass is 32.1. The van der Waals surface area contributed by atoms with Crippen LogP contribution in [0.5, 0.6) is 0 Å². The molecule has 1 aromatic rings. The zero-order valence-electron chi connectivity index (χ0n) is 14.0. The molecule has 128 valence electrons. The molecule has 0 radical (unpaired) electrons. The van der Waals surface area contributed by atoms with Gasteiger partial charge in [-0.3, -0.25) is 0 Å². The standard InChI is InChI=1S/C19H29FN2S/c20-17-14-10-11-15-18(17)22-19(23)21-16-12-8-6-4-2-1-3-5-7-9-13-16/h10-11,14-16H,1-9,12-13H2,(H2,21,22,23). The van der Waals surface area contributed by atoms with Crippen LogP contribution in [0.25, 0.3) is 0 Å². The van der Waals surface area contributed by atoms with Crippen LogP contribution in [0.2, 0.25) is 0 Å². The fourth-order valence-electron chi connectivity index (χ4n) is 3.21. The largest absolute Gasteiger partial charge is 0.360 e. The Hall–Kier alpha value is -1.16. The van der Waals surface area contributed by atoms with Crippen molar-refractivity contribution in [2.24, 2.45) is 0 Å². The second-order valence-electron chi connectivity index (χ2n) is 6.53. The maximum atomic E-state index is 13.7. The molecule has 23 heavy (non-hydrogen) atoms. The highest BCUT2D eigenvalue weighted by Gasteiger charge is 2.11. The lowest BCUT2D eigenvalue weighted by molar-refractivity contribution is 0.444. The summed E-state index contributed by atoms with van der Waals surface area (Å²) in [5, 5.41) is 6.92. The molecule has 2 N–H and O–H groups in total. The number of benzene rings is 1. The first-order valence-corrected chi connectivity index (χ1v) is 9.48. The van der Waals surface area contributed by atoms with Gasteiger partial charge in [0.1, 0.15) is 5.82 Å². The summed E-state index contributed by atoms with van der Waals surface area (Å²) >= 11 is 5.37. The molecule has 1 fully saturated rings. The molecular formula is C19H29FN2S. The fourth-order valence-corrected chi connectivity index (χ4v) is 3.49. The van der Waals surface area contributed by atoms with Gasteiger partial charge in [0.25, 0.3) is 0 Å². The van der Waals surface area contributed by atoms with E-state index in [0.717, 1.165) is 12.8 Å². The minimum absolute atomic E-state index is 0.268. The summed E-state index contributed by atoms with van der Waals surface area (Å²) in [6.07, 6.45) is 14.3. The van der Waals surface area contributed by atoms with E-state index in [1.54, 1.807) is 12.1 Å². The number of halogens is 1. The number of thiocarbonyl (C=S) groups is 1. The number of nitrogens with one attached hydrogen (secondary N) is 2. The Balaban J connectivity index is 1.82. The minimum atomic E-state index is -0.268. The molecule has 0 bridgehead atoms. The molecule has 4 heteroatoms. The maximum absolute atomic E-state index is 13.7. The van der Waals surface area contributed by atoms with Gasteiger partial charge in [-0.05, 0) is 37.2 Å². The smallest absolute Gasteiger partial charge is 0.171 e. The van der Waals surface area contributed by atoms with Crippen molar-refractivity contribution in [1.29, 1.82) is 0 Å². The Kier molecular flexibility index (Phi) is 8.37. The van der Waals surface area contributed by atoms with Crippen molar-refractivity contribution >= 4 is 23.0 Å². The number of hydrogen-bond acceptors (Lipinski definition) is 1. The van der Waals surface area contributed by atoms with E-state index in [9.17, 15) is 4.39 Å². The van der Waals surface area contributed by atoms with Gasteiger partial charge in [0, 0.05) is 6.04 Å². The minimum Gasteiger partial charge on any atom is -0.360 e. The summed E-state index contributed by atoms with van der Waals surface area (Å²) in [7, 11) is 0. The summed E-state index contributed by atoms with van der Waals surface area (Å²) in [5.41, 5.74) is 0.443. The third-order valence-corrected chi connectivity index (χ3v) is 4.78. The molecule has 0 aromatic heterocycles. The van der Waals surface area contributed by atoms with Crippen molar-refractivity contribution in [2.75, 3.05) is 5.32 Å². The number of hydrogen-bond donors (Lipinski definition) is 2. The van der Waals surface area contributed by atoms with Gasteiger partial charge in [-0.1, -0.05) is 69.9 Å². The van der Waals surface area contributed by atoms with Gasteiger partial charge in [-0.25, -0.2) is 4.39 Å². The summed E-state index contributed by atoms with van der Waals surface area (Å²) in [5.74, 6) is -0.268. The van der Waals surface area contributed by atoms with E-state index in [0.29, 0.717) is 16.8 Å². The van der Waals surface area contributed by atoms with E-state index in [4.69, 9.17) is 12.2 Å². The zero-order chi connectivity index (χ0) is 16.3. The lowest BCUT2D eigenvalue weighted by Crippen LogP contribution is -2.38. The SMILES string of the molecule is Fc1ccccc1NC(=S)NC1CCCCCCCCCCC1. The highest BCUT2D eigenvalue weighted by molar-refractivity contribution is 7.80. The van der Waals surface area contributed by atoms with E-state index in [1.807, 2.05) is 6.07 Å². The molecule has 0 aliphatic heterocycles. The lowest BCUT2D eigenvalue weighted by Gasteiger charge is -2.21. The van der Waals surface area contributed by atoms with Crippen LogP contribution < -0.4 is 10.6 Å². The van der Waals surface area contributed by atoms with Gasteiger partial charge < -0.3 is 10.6 Å². The van der Waals surface area contributed by atoms with Crippen LogP contribution in [0.15, 0.2) is 24.3 Å². The second kappa shape index (κ2) is 10.6. The van der Waals surface area contributed by atoms with Crippen LogP contribution in [-0.4, -0.2) is 11.2 Å². The molecular weight excluding hydrogens is 307 g/mol. The number of rotatable bonds is 2. The van der Waals surface area contributed by atoms with Crippen LogP contribution >= 0.6 is 12.2 Å². The summed E-state index contributed by atoms with van der Waals surface area (Å²) in [6.45, 7) is 0. The average molecular weight is 337 g/mol. The molecule has 1 aliphatic carbocycles. The molecule has 0 amide bonds. The molecule has 1 aromatic carbocycles. The normalized spacial score (nSPS) is 18.5. The van der Waals surface area contributed by atoms with Crippen LogP contribution in [0, 0.1) is 5.82 Å². The molecule has 0 saturated heterocycles. The van der Waals surface area contributed by atoms with Gasteiger partial charge in [0.05, 0.1) is 5.69 Å². The third-order valence-electron chi connectivity index (χ3n) is 4.56. The monoisotopic (exact) mass is 336 g/mol. The first-order chi connectivity index (χ1) is 11.3. The number of anilines is 1. The lowest BCUT2D eigenvalue weighted by atomic mass is 9.98. The first kappa shape index (κ1) is 18.2. The molecule has 0 spiro atoms. The molecule has 2 nitrogen and oxygen atoms in total. The molecule has 1 aliphatic rings. The topological polar surface area (TPSA) is 24.1 Å². The summed E-state index contributed by atoms with van der Waals surface area (Å²) < 4.78 is 13.7. The van der Waals surface area contributed by atoms with Crippen molar-refractivity contribution in [3.05, 3.63) is 30.1 Å². The Morgan fingerprint density at radius 2 is 1.39 bits per heavy atom. The van der Waals surface area contributed by atoms with Crippen molar-refractivity contribution < 1.29 is 4.39 Å². The van der Waals surface area contributed by atoms with Gasteiger partial charge in [0.15, 0.2) is 5.11 Å². The predicted octanol–water partition coefficient (Wildman–Crippen LogP) is 5.79. The van der Waals surface area contributed by atoms with Crippen LogP contribution in [0.3, 0.4) is 0 Å². The van der Waals surface area contributed by atoms with E-state index >= 15 is 0 Å². The molecule has 1 saturated carbocycles. The summed E-state index contributed by atoms with van der Waals surface area (Å²) in [4.78, 5) is 0. The highest BCUT2D eigenvalue weighted by Crippen LogP contribution is 2.17. The van der Waals surface area contributed by atoms with E-state index in [1.165, 1.54) is 63.9 Å². The first-order valence-electron chi connectivity index (χ1n) is 9.08. The Labute approximate surface area is 145 Å². The third kappa shape index (κ3) is 7.30. The predicted molar refractivity (Wildman–Crippen MR) is 100 cm³/mol. The van der Waals surface area contributed by atoms with Gasteiger partial charge in [0.2, 0.25) is 0 Å². The Morgan fingerprint density at radius 1 is 0.870 bits per heavy atom. The Morgan fingerprint density at radius 3 is 1.96 bits per heavy atom. The second-order valence-corrected chi connectivity index (χ2v) is 6.94. The van der Waals surface area contributed by atoms with Crippen LogP contribution in [0.1, 0.15) is 70.6 Å². The van der Waals surface area contributed by atoms with Crippen LogP contribution in [0.4, 0.5) is 10.1 Å². The molecule has 0 unspecified atom stereocenters. The Bertz CT molecular complexity index is 466. The number of para-hydroxylation sites is 1. The van der Waals surface area contributed by atoms with Crippen molar-refractivity contribution in [1.82, 2.24) is 5.32 Å². The van der Waals surface area contributed by atoms with Gasteiger partial charge in [-0.15, -0.1) is 0 Å². The maximum Gasteiger partial charge on any atom is 0.171 e. The van der Waals surface area contributed by atoms with Crippen molar-refractivity contribution in [3.63, 3.8) is 0 Å². The quantitative estimate of drug-likeness (QED) is 0.669. The van der Waals surface area contributed by atoms with Gasteiger partial charge in [-0.2, -0.15) is 0 Å². The van der Waals surface area contributed by atoms with Gasteiger partial charge >= 0.3 is 0 Å². The fraction of sp³-hybridized carbons (Fsp3) is 0.632. The average Bonchev–Trinajstić information content (AvgIpc) is 2.52. The molecule has 0 heterocycles. The zero-order valence-corrected chi connectivity index (χ0v) is 14.8. The summed E-state index contributed by atoms with van der Waals surface area (Å²) in [6, 6.07) is 7.06. The van der Waals surface area contributed by atoms with Crippen molar-refractivity contribution in [3.8, 4) is 0 Å². The van der Waals surface area contributed by atoms with Crippen LogP contribution in [-0.2, 0) is 0 Å². The van der Waals surface area contributed by atoms with E-state index in [-0.39, 0.29) is 5.82 Å². The van der Waals surface area contributed by atoms with Crippen molar-refractivity contribution in [2.45, 2.75) is 76.7 Å². The molecule has 2 rings (SSSR count). The van der Waals surface area contributed by atoms with E-state index in [2.05, 4.69) is 10.6 Å². The van der Waals surface area contributed by atoms with E-state index < -0.39 is 0 Å².